The van der Waals surface area contributed by atoms with Crippen LogP contribution in [0.4, 0.5) is 0 Å². The predicted molar refractivity (Wildman–Crippen MR) is 95.3 cm³/mol. The van der Waals surface area contributed by atoms with Crippen molar-refractivity contribution in [3.8, 4) is 0 Å². The summed E-state index contributed by atoms with van der Waals surface area (Å²) in [5.74, 6) is 0.580. The summed E-state index contributed by atoms with van der Waals surface area (Å²) in [6.07, 6.45) is 0. The van der Waals surface area contributed by atoms with E-state index in [1.165, 1.54) is 25.8 Å². The normalized spacial score (nSPS) is 12.7. The van der Waals surface area contributed by atoms with Crippen molar-refractivity contribution in [2.24, 2.45) is 0 Å². The predicted octanol–water partition coefficient (Wildman–Crippen LogP) is 5.03. The fourth-order valence-corrected chi connectivity index (χ4v) is 3.14. The van der Waals surface area contributed by atoms with Crippen molar-refractivity contribution >= 4 is 22.6 Å². The van der Waals surface area contributed by atoms with E-state index < -0.39 is 0 Å². The van der Waals surface area contributed by atoms with Gasteiger partial charge in [0.25, 0.3) is 0 Å². The summed E-state index contributed by atoms with van der Waals surface area (Å²) >= 11 is 2.45. The molecule has 106 valence electrons. The van der Waals surface area contributed by atoms with Gasteiger partial charge < -0.3 is 5.32 Å². The maximum Gasteiger partial charge on any atom is 0.0584 e. The summed E-state index contributed by atoms with van der Waals surface area (Å²) < 4.78 is 1.34. The van der Waals surface area contributed by atoms with Crippen LogP contribution in [-0.4, -0.2) is 7.05 Å². The Balaban J connectivity index is 2.39. The summed E-state index contributed by atoms with van der Waals surface area (Å²) in [6.45, 7) is 6.63. The minimum atomic E-state index is 0.253. The molecule has 2 heteroatoms. The van der Waals surface area contributed by atoms with Gasteiger partial charge in [0.1, 0.15) is 0 Å². The van der Waals surface area contributed by atoms with Gasteiger partial charge in [0.15, 0.2) is 0 Å². The largest absolute Gasteiger partial charge is 0.309 e. The Kier molecular flexibility index (Phi) is 5.22. The SMILES string of the molecule is CNC(c1ccc(C(C)C)cc1)c1cccc(C)c1I. The number of halogens is 1. The Bertz CT molecular complexity index is 572. The van der Waals surface area contributed by atoms with Crippen LogP contribution in [0.2, 0.25) is 0 Å². The van der Waals surface area contributed by atoms with Crippen LogP contribution in [0.3, 0.4) is 0 Å². The topological polar surface area (TPSA) is 12.0 Å². The summed E-state index contributed by atoms with van der Waals surface area (Å²) in [7, 11) is 2.03. The van der Waals surface area contributed by atoms with Gasteiger partial charge in [0, 0.05) is 3.57 Å². The van der Waals surface area contributed by atoms with Crippen LogP contribution >= 0.6 is 22.6 Å². The maximum atomic E-state index is 3.45. The Hall–Kier alpha value is -0.870. The fourth-order valence-electron chi connectivity index (χ4n) is 2.47. The number of rotatable bonds is 4. The zero-order chi connectivity index (χ0) is 14.7. The standard InChI is InChI=1S/C18H22IN/c1-12(2)14-8-10-15(11-9-14)18(20-4)16-7-5-6-13(3)17(16)19/h5-12,18,20H,1-4H3. The third-order valence-electron chi connectivity index (χ3n) is 3.76. The second-order valence-electron chi connectivity index (χ2n) is 5.52. The molecule has 0 spiro atoms. The lowest BCUT2D eigenvalue weighted by molar-refractivity contribution is 0.687. The molecule has 0 aliphatic heterocycles. The van der Waals surface area contributed by atoms with Gasteiger partial charge in [-0.25, -0.2) is 0 Å². The number of aryl methyl sites for hydroxylation is 1. The molecule has 0 saturated heterocycles. The van der Waals surface area contributed by atoms with Crippen molar-refractivity contribution < 1.29 is 0 Å². The highest BCUT2D eigenvalue weighted by atomic mass is 127. The first kappa shape index (κ1) is 15.5. The fraction of sp³-hybridized carbons (Fsp3) is 0.333. The van der Waals surface area contributed by atoms with E-state index in [1.807, 2.05) is 7.05 Å². The molecule has 1 atom stereocenters. The number of nitrogens with one attached hydrogen (secondary N) is 1. The molecule has 2 aromatic carbocycles. The van der Waals surface area contributed by atoms with E-state index in [-0.39, 0.29) is 6.04 Å². The zero-order valence-electron chi connectivity index (χ0n) is 12.6. The van der Waals surface area contributed by atoms with E-state index in [4.69, 9.17) is 0 Å². The van der Waals surface area contributed by atoms with Gasteiger partial charge in [0.05, 0.1) is 6.04 Å². The average molecular weight is 379 g/mol. The van der Waals surface area contributed by atoms with Crippen LogP contribution in [0.5, 0.6) is 0 Å². The quantitative estimate of drug-likeness (QED) is 0.735. The number of hydrogen-bond acceptors (Lipinski definition) is 1. The number of benzene rings is 2. The highest BCUT2D eigenvalue weighted by Gasteiger charge is 2.15. The maximum absolute atomic E-state index is 3.45. The molecule has 0 aliphatic rings. The van der Waals surface area contributed by atoms with Crippen LogP contribution in [-0.2, 0) is 0 Å². The Morgan fingerprint density at radius 2 is 1.55 bits per heavy atom. The summed E-state index contributed by atoms with van der Waals surface area (Å²) in [6, 6.07) is 15.7. The van der Waals surface area contributed by atoms with Crippen molar-refractivity contribution in [1.82, 2.24) is 5.32 Å². The van der Waals surface area contributed by atoms with Crippen LogP contribution in [0, 0.1) is 10.5 Å². The zero-order valence-corrected chi connectivity index (χ0v) is 14.7. The first-order chi connectivity index (χ1) is 9.54. The molecule has 2 rings (SSSR count). The van der Waals surface area contributed by atoms with Crippen molar-refractivity contribution in [2.75, 3.05) is 7.05 Å². The molecule has 20 heavy (non-hydrogen) atoms. The van der Waals surface area contributed by atoms with Crippen molar-refractivity contribution in [3.05, 3.63) is 68.3 Å². The molecule has 0 amide bonds. The second-order valence-corrected chi connectivity index (χ2v) is 6.60. The highest BCUT2D eigenvalue weighted by Crippen LogP contribution is 2.28. The Labute approximate surface area is 135 Å². The Morgan fingerprint density at radius 3 is 2.10 bits per heavy atom. The third kappa shape index (κ3) is 3.23. The molecule has 0 aliphatic carbocycles. The molecule has 0 heterocycles. The van der Waals surface area contributed by atoms with E-state index in [0.29, 0.717) is 5.92 Å². The lowest BCUT2D eigenvalue weighted by Crippen LogP contribution is -2.19. The summed E-state index contributed by atoms with van der Waals surface area (Å²) in [5, 5.41) is 3.45. The molecule has 0 aromatic heterocycles. The number of hydrogen-bond donors (Lipinski definition) is 1. The molecule has 0 radical (unpaired) electrons. The van der Waals surface area contributed by atoms with Crippen molar-refractivity contribution in [3.63, 3.8) is 0 Å². The first-order valence-corrected chi connectivity index (χ1v) is 8.14. The first-order valence-electron chi connectivity index (χ1n) is 7.06. The van der Waals surface area contributed by atoms with Crippen LogP contribution in [0.15, 0.2) is 42.5 Å². The van der Waals surface area contributed by atoms with Crippen molar-refractivity contribution in [1.29, 1.82) is 0 Å². The third-order valence-corrected chi connectivity index (χ3v) is 5.23. The molecule has 0 saturated carbocycles. The monoisotopic (exact) mass is 379 g/mol. The molecule has 2 aromatic rings. The van der Waals surface area contributed by atoms with Gasteiger partial charge in [-0.3, -0.25) is 0 Å². The molecule has 1 nitrogen and oxygen atoms in total. The molecule has 0 fully saturated rings. The molecular formula is C18H22IN. The second kappa shape index (κ2) is 6.72. The van der Waals surface area contributed by atoms with E-state index in [1.54, 1.807) is 0 Å². The average Bonchev–Trinajstić information content (AvgIpc) is 2.45. The van der Waals surface area contributed by atoms with Gasteiger partial charge in [-0.2, -0.15) is 0 Å². The van der Waals surface area contributed by atoms with Gasteiger partial charge in [-0.15, -0.1) is 0 Å². The van der Waals surface area contributed by atoms with Crippen molar-refractivity contribution in [2.45, 2.75) is 32.7 Å². The summed E-state index contributed by atoms with van der Waals surface area (Å²) in [5.41, 5.74) is 5.40. The van der Waals surface area contributed by atoms with Gasteiger partial charge in [-0.1, -0.05) is 56.3 Å². The molecular weight excluding hydrogens is 357 g/mol. The van der Waals surface area contributed by atoms with Gasteiger partial charge in [0.2, 0.25) is 0 Å². The molecule has 1 unspecified atom stereocenters. The highest BCUT2D eigenvalue weighted by molar-refractivity contribution is 14.1. The minimum Gasteiger partial charge on any atom is -0.309 e. The van der Waals surface area contributed by atoms with E-state index in [9.17, 15) is 0 Å². The van der Waals surface area contributed by atoms with Gasteiger partial charge in [-0.05, 0) is 64.7 Å². The van der Waals surface area contributed by atoms with Crippen LogP contribution in [0.1, 0.15) is 48.1 Å². The Morgan fingerprint density at radius 1 is 0.950 bits per heavy atom. The lowest BCUT2D eigenvalue weighted by atomic mass is 9.94. The van der Waals surface area contributed by atoms with Crippen LogP contribution < -0.4 is 5.32 Å². The van der Waals surface area contributed by atoms with Crippen LogP contribution in [0.25, 0.3) is 0 Å². The lowest BCUT2D eigenvalue weighted by Gasteiger charge is -2.20. The molecule has 0 bridgehead atoms. The van der Waals surface area contributed by atoms with E-state index in [2.05, 4.69) is 91.1 Å². The van der Waals surface area contributed by atoms with Gasteiger partial charge >= 0.3 is 0 Å². The molecule has 1 N–H and O–H groups in total. The smallest absolute Gasteiger partial charge is 0.0584 e. The summed E-state index contributed by atoms with van der Waals surface area (Å²) in [4.78, 5) is 0. The van der Waals surface area contributed by atoms with E-state index >= 15 is 0 Å². The van der Waals surface area contributed by atoms with E-state index in [0.717, 1.165) is 0 Å². The minimum absolute atomic E-state index is 0.253.